The maximum absolute atomic E-state index is 4.21. The molecule has 0 aliphatic carbocycles. The number of imidazole rings is 1. The van der Waals surface area contributed by atoms with Gasteiger partial charge >= 0.3 is 0 Å². The third-order valence-electron chi connectivity index (χ3n) is 2.42. The minimum atomic E-state index is 1.05. The van der Waals surface area contributed by atoms with Gasteiger partial charge in [-0.05, 0) is 26.4 Å². The van der Waals surface area contributed by atoms with Gasteiger partial charge < -0.3 is 9.47 Å². The molecule has 0 fully saturated rings. The summed E-state index contributed by atoms with van der Waals surface area (Å²) in [5.41, 5.74) is 1.10. The van der Waals surface area contributed by atoms with Crippen molar-refractivity contribution in [2.24, 2.45) is 0 Å². The summed E-state index contributed by atoms with van der Waals surface area (Å²) >= 11 is 0. The van der Waals surface area contributed by atoms with Gasteiger partial charge in [-0.1, -0.05) is 27.7 Å². The van der Waals surface area contributed by atoms with Gasteiger partial charge in [0.2, 0.25) is 0 Å². The van der Waals surface area contributed by atoms with E-state index in [0.717, 1.165) is 25.3 Å². The third kappa shape index (κ3) is 5.91. The lowest BCUT2D eigenvalue weighted by Gasteiger charge is -2.19. The fourth-order valence-electron chi connectivity index (χ4n) is 1.60. The van der Waals surface area contributed by atoms with Crippen LogP contribution in [0.5, 0.6) is 0 Å². The molecule has 0 aliphatic heterocycles. The Balaban J connectivity index is 0.00000106. The lowest BCUT2D eigenvalue weighted by atomic mass is 10.4. The number of aromatic nitrogens is 2. The molecule has 3 nitrogen and oxygen atoms in total. The van der Waals surface area contributed by atoms with Crippen LogP contribution in [0.2, 0.25) is 0 Å². The van der Waals surface area contributed by atoms with E-state index in [9.17, 15) is 0 Å². The van der Waals surface area contributed by atoms with Crippen LogP contribution in [-0.2, 0) is 6.54 Å². The van der Waals surface area contributed by atoms with E-state index in [1.54, 1.807) is 0 Å². The van der Waals surface area contributed by atoms with Gasteiger partial charge in [-0.2, -0.15) is 0 Å². The van der Waals surface area contributed by atoms with Gasteiger partial charge in [-0.15, -0.1) is 0 Å². The Morgan fingerprint density at radius 2 is 1.94 bits per heavy atom. The molecule has 1 aromatic heterocycles. The Morgan fingerprint density at radius 3 is 2.38 bits per heavy atom. The van der Waals surface area contributed by atoms with Crippen molar-refractivity contribution in [3.63, 3.8) is 0 Å². The minimum absolute atomic E-state index is 1.05. The smallest absolute Gasteiger partial charge is 0.0949 e. The van der Waals surface area contributed by atoms with Crippen LogP contribution >= 0.6 is 0 Å². The van der Waals surface area contributed by atoms with Crippen molar-refractivity contribution < 1.29 is 0 Å². The zero-order valence-corrected chi connectivity index (χ0v) is 11.5. The molecule has 0 spiro atoms. The SMILES string of the molecule is CC.CCCN(CC)CCn1cnc(C)c1. The zero-order chi connectivity index (χ0) is 12.4. The van der Waals surface area contributed by atoms with Gasteiger partial charge in [0.1, 0.15) is 0 Å². The molecular weight excluding hydrogens is 198 g/mol. The highest BCUT2D eigenvalue weighted by atomic mass is 15.1. The highest BCUT2D eigenvalue weighted by Gasteiger charge is 2.00. The first-order valence-corrected chi connectivity index (χ1v) is 6.47. The van der Waals surface area contributed by atoms with Crippen molar-refractivity contribution in [2.75, 3.05) is 19.6 Å². The Labute approximate surface area is 100 Å². The van der Waals surface area contributed by atoms with E-state index in [1.807, 2.05) is 27.1 Å². The maximum Gasteiger partial charge on any atom is 0.0949 e. The molecule has 16 heavy (non-hydrogen) atoms. The quantitative estimate of drug-likeness (QED) is 0.742. The molecule has 0 N–H and O–H groups in total. The van der Waals surface area contributed by atoms with Crippen molar-refractivity contribution in [3.05, 3.63) is 18.2 Å². The van der Waals surface area contributed by atoms with E-state index >= 15 is 0 Å². The van der Waals surface area contributed by atoms with Gasteiger partial charge in [-0.25, -0.2) is 4.98 Å². The Hall–Kier alpha value is -0.830. The Morgan fingerprint density at radius 1 is 1.25 bits per heavy atom. The largest absolute Gasteiger partial charge is 0.336 e. The fraction of sp³-hybridized carbons (Fsp3) is 0.769. The Kier molecular flexibility index (Phi) is 8.91. The Bertz CT molecular complexity index is 255. The molecule has 1 rings (SSSR count). The molecule has 0 unspecified atom stereocenters. The second-order valence-electron chi connectivity index (χ2n) is 3.69. The summed E-state index contributed by atoms with van der Waals surface area (Å²) in [4.78, 5) is 6.68. The number of aryl methyl sites for hydroxylation is 1. The van der Waals surface area contributed by atoms with Crippen LogP contribution in [0.1, 0.15) is 39.8 Å². The van der Waals surface area contributed by atoms with Crippen LogP contribution < -0.4 is 0 Å². The van der Waals surface area contributed by atoms with E-state index < -0.39 is 0 Å². The first-order chi connectivity index (χ1) is 7.76. The standard InChI is InChI=1S/C11H21N3.C2H6/c1-4-6-13(5-2)7-8-14-9-11(3)12-10-14;1-2/h9-10H,4-8H2,1-3H3;1-2H3. The van der Waals surface area contributed by atoms with Crippen LogP contribution in [0.25, 0.3) is 0 Å². The van der Waals surface area contributed by atoms with Crippen molar-refractivity contribution in [1.82, 2.24) is 14.5 Å². The van der Waals surface area contributed by atoms with Crippen LogP contribution in [0, 0.1) is 6.92 Å². The minimum Gasteiger partial charge on any atom is -0.336 e. The topological polar surface area (TPSA) is 21.1 Å². The van der Waals surface area contributed by atoms with Crippen LogP contribution in [-0.4, -0.2) is 34.1 Å². The molecule has 0 aliphatic rings. The molecule has 94 valence electrons. The molecule has 0 aromatic carbocycles. The summed E-state index contributed by atoms with van der Waals surface area (Å²) in [6, 6.07) is 0. The van der Waals surface area contributed by atoms with Crippen molar-refractivity contribution >= 4 is 0 Å². The van der Waals surface area contributed by atoms with Crippen molar-refractivity contribution in [3.8, 4) is 0 Å². The van der Waals surface area contributed by atoms with Gasteiger partial charge in [-0.3, -0.25) is 0 Å². The first kappa shape index (κ1) is 15.2. The fourth-order valence-corrected chi connectivity index (χ4v) is 1.60. The van der Waals surface area contributed by atoms with E-state index in [-0.39, 0.29) is 0 Å². The molecule has 0 atom stereocenters. The van der Waals surface area contributed by atoms with Crippen LogP contribution in [0.15, 0.2) is 12.5 Å². The number of likely N-dealkylation sites (N-methyl/N-ethyl adjacent to an activating group) is 1. The van der Waals surface area contributed by atoms with Gasteiger partial charge in [0.15, 0.2) is 0 Å². The van der Waals surface area contributed by atoms with Gasteiger partial charge in [0.05, 0.1) is 12.0 Å². The highest BCUT2D eigenvalue weighted by Crippen LogP contribution is 1.96. The number of rotatable bonds is 6. The zero-order valence-electron chi connectivity index (χ0n) is 11.5. The average Bonchev–Trinajstić information content (AvgIpc) is 2.73. The van der Waals surface area contributed by atoms with Gasteiger partial charge in [0, 0.05) is 19.3 Å². The lowest BCUT2D eigenvalue weighted by molar-refractivity contribution is 0.276. The molecule has 0 amide bonds. The number of hydrogen-bond donors (Lipinski definition) is 0. The van der Waals surface area contributed by atoms with E-state index in [1.165, 1.54) is 13.0 Å². The summed E-state index contributed by atoms with van der Waals surface area (Å²) in [5, 5.41) is 0. The predicted molar refractivity (Wildman–Crippen MR) is 70.7 cm³/mol. The van der Waals surface area contributed by atoms with Crippen LogP contribution in [0.3, 0.4) is 0 Å². The monoisotopic (exact) mass is 225 g/mol. The van der Waals surface area contributed by atoms with E-state index in [2.05, 4.69) is 34.5 Å². The van der Waals surface area contributed by atoms with E-state index in [0.29, 0.717) is 0 Å². The maximum atomic E-state index is 4.21. The van der Waals surface area contributed by atoms with E-state index in [4.69, 9.17) is 0 Å². The van der Waals surface area contributed by atoms with Gasteiger partial charge in [0.25, 0.3) is 0 Å². The molecule has 0 saturated carbocycles. The molecule has 0 radical (unpaired) electrons. The number of nitrogens with zero attached hydrogens (tertiary/aromatic N) is 3. The lowest BCUT2D eigenvalue weighted by Crippen LogP contribution is -2.27. The third-order valence-corrected chi connectivity index (χ3v) is 2.42. The molecule has 0 saturated heterocycles. The summed E-state index contributed by atoms with van der Waals surface area (Å²) in [5.74, 6) is 0. The molecule has 1 aromatic rings. The van der Waals surface area contributed by atoms with Crippen LogP contribution in [0.4, 0.5) is 0 Å². The normalized spacial score (nSPS) is 10.1. The second kappa shape index (κ2) is 9.40. The highest BCUT2D eigenvalue weighted by molar-refractivity contribution is 4.92. The van der Waals surface area contributed by atoms with Crippen molar-refractivity contribution in [2.45, 2.75) is 47.6 Å². The molecule has 1 heterocycles. The molecule has 0 bridgehead atoms. The first-order valence-electron chi connectivity index (χ1n) is 6.47. The molecule has 3 heteroatoms. The average molecular weight is 225 g/mol. The summed E-state index contributed by atoms with van der Waals surface area (Å²) in [7, 11) is 0. The molecular formula is C13H27N3. The number of hydrogen-bond acceptors (Lipinski definition) is 2. The van der Waals surface area contributed by atoms with Crippen molar-refractivity contribution in [1.29, 1.82) is 0 Å². The summed E-state index contributed by atoms with van der Waals surface area (Å²) in [6.45, 7) is 15.0. The summed E-state index contributed by atoms with van der Waals surface area (Å²) in [6.07, 6.45) is 5.24. The predicted octanol–water partition coefficient (Wildman–Crippen LogP) is 2.95. The second-order valence-corrected chi connectivity index (χ2v) is 3.69. The summed E-state index contributed by atoms with van der Waals surface area (Å²) < 4.78 is 2.16.